The normalized spacial score (nSPS) is 22.3. The van der Waals surface area contributed by atoms with Crippen molar-refractivity contribution in [2.75, 3.05) is 23.7 Å². The summed E-state index contributed by atoms with van der Waals surface area (Å²) in [7, 11) is 1.92. The van der Waals surface area contributed by atoms with Crippen LogP contribution in [0.1, 0.15) is 46.2 Å². The second-order valence-corrected chi connectivity index (χ2v) is 10.6. The average molecular weight is 471 g/mol. The van der Waals surface area contributed by atoms with Crippen LogP contribution in [0.2, 0.25) is 0 Å². The number of aromatic nitrogens is 2. The van der Waals surface area contributed by atoms with Gasteiger partial charge in [0.1, 0.15) is 5.82 Å². The van der Waals surface area contributed by atoms with Crippen molar-refractivity contribution in [2.24, 2.45) is 23.5 Å². The Kier molecular flexibility index (Phi) is 5.03. The number of rotatable bonds is 5. The quantitative estimate of drug-likeness (QED) is 0.456. The highest BCUT2D eigenvalue weighted by atomic mass is 15.4. The molecule has 1 aromatic heterocycles. The van der Waals surface area contributed by atoms with Crippen LogP contribution in [0.4, 0.5) is 17.3 Å². The summed E-state index contributed by atoms with van der Waals surface area (Å²) in [5, 5.41) is 11.7. The molecule has 3 heterocycles. The van der Waals surface area contributed by atoms with Gasteiger partial charge in [-0.05, 0) is 61.4 Å². The van der Waals surface area contributed by atoms with E-state index in [4.69, 9.17) is 21.6 Å². The Labute approximate surface area is 206 Å². The first-order valence-corrected chi connectivity index (χ1v) is 12.4. The fourth-order valence-electron chi connectivity index (χ4n) is 5.31. The van der Waals surface area contributed by atoms with Crippen LogP contribution in [0.15, 0.2) is 41.4 Å². The van der Waals surface area contributed by atoms with E-state index in [1.54, 1.807) is 0 Å². The Bertz CT molecular complexity index is 1310. The molecular formula is C27H34N8. The van der Waals surface area contributed by atoms with Crippen LogP contribution >= 0.6 is 0 Å². The summed E-state index contributed by atoms with van der Waals surface area (Å²) in [5.41, 5.74) is 21.2. The monoisotopic (exact) mass is 470 g/mol. The van der Waals surface area contributed by atoms with Gasteiger partial charge in [0.15, 0.2) is 5.82 Å². The molecule has 3 aromatic rings. The third kappa shape index (κ3) is 4.01. The number of aryl methyl sites for hydroxylation is 3. The van der Waals surface area contributed by atoms with Gasteiger partial charge in [0, 0.05) is 49.7 Å². The van der Waals surface area contributed by atoms with Gasteiger partial charge >= 0.3 is 0 Å². The predicted octanol–water partition coefficient (Wildman–Crippen LogP) is 3.24. The van der Waals surface area contributed by atoms with Gasteiger partial charge in [-0.3, -0.25) is 15.3 Å². The molecule has 35 heavy (non-hydrogen) atoms. The van der Waals surface area contributed by atoms with Crippen LogP contribution < -0.4 is 22.1 Å². The van der Waals surface area contributed by atoms with Gasteiger partial charge in [-0.25, -0.2) is 4.99 Å². The van der Waals surface area contributed by atoms with Crippen LogP contribution in [0.25, 0.3) is 0 Å². The first-order valence-electron chi connectivity index (χ1n) is 12.4. The minimum Gasteiger partial charge on any atom is -0.338 e. The third-order valence-electron chi connectivity index (χ3n) is 7.68. The molecule has 0 spiro atoms. The number of hydrogen-bond acceptors (Lipinski definition) is 7. The van der Waals surface area contributed by atoms with Crippen LogP contribution in [0.3, 0.4) is 0 Å². The molecule has 2 aromatic carbocycles. The van der Waals surface area contributed by atoms with E-state index in [0.717, 1.165) is 67.3 Å². The van der Waals surface area contributed by atoms with Crippen LogP contribution in [-0.4, -0.2) is 39.5 Å². The summed E-state index contributed by atoms with van der Waals surface area (Å²) in [6, 6.07) is 12.8. The van der Waals surface area contributed by atoms with Crippen molar-refractivity contribution in [3.05, 3.63) is 69.8 Å². The molecule has 0 radical (unpaired) electrons. The van der Waals surface area contributed by atoms with E-state index in [0.29, 0.717) is 0 Å². The zero-order chi connectivity index (χ0) is 24.4. The molecule has 1 unspecified atom stereocenters. The molecule has 0 amide bonds. The van der Waals surface area contributed by atoms with Crippen LogP contribution in [0.5, 0.6) is 0 Å². The second-order valence-electron chi connectivity index (χ2n) is 10.6. The van der Waals surface area contributed by atoms with Crippen molar-refractivity contribution in [1.82, 2.24) is 14.7 Å². The predicted molar refractivity (Wildman–Crippen MR) is 141 cm³/mol. The van der Waals surface area contributed by atoms with E-state index in [-0.39, 0.29) is 5.54 Å². The van der Waals surface area contributed by atoms with Crippen LogP contribution in [0, 0.1) is 13.8 Å². The molecule has 3 aliphatic rings. The highest BCUT2D eigenvalue weighted by molar-refractivity contribution is 5.96. The van der Waals surface area contributed by atoms with E-state index in [1.807, 2.05) is 17.9 Å². The lowest BCUT2D eigenvalue weighted by Crippen LogP contribution is -2.46. The molecule has 0 saturated heterocycles. The Hall–Kier alpha value is -3.20. The lowest BCUT2D eigenvalue weighted by molar-refractivity contribution is 0.232. The van der Waals surface area contributed by atoms with E-state index in [9.17, 15) is 0 Å². The summed E-state index contributed by atoms with van der Waals surface area (Å²) in [6.07, 6.45) is 5.15. The topological polar surface area (TPSA) is 110 Å². The first kappa shape index (κ1) is 22.3. The number of nitrogens with zero attached hydrogens (tertiary/aromatic N) is 4. The molecule has 6 rings (SSSR count). The summed E-state index contributed by atoms with van der Waals surface area (Å²) in [5.74, 6) is 0.545. The average Bonchev–Trinajstić information content (AvgIpc) is 3.48. The maximum atomic E-state index is 6.85. The maximum absolute atomic E-state index is 6.85. The molecule has 1 saturated carbocycles. The number of benzene rings is 2. The number of nitrogens with one attached hydrogen (secondary N) is 2. The maximum Gasteiger partial charge on any atom is 0.210 e. The molecule has 182 valence electrons. The van der Waals surface area contributed by atoms with Crippen molar-refractivity contribution in [3.63, 3.8) is 0 Å². The van der Waals surface area contributed by atoms with Gasteiger partial charge in [0.05, 0.1) is 5.56 Å². The van der Waals surface area contributed by atoms with Gasteiger partial charge in [-0.15, -0.1) is 0 Å². The number of hydrogen-bond donors (Lipinski definition) is 4. The van der Waals surface area contributed by atoms with Gasteiger partial charge in [0.2, 0.25) is 5.79 Å². The summed E-state index contributed by atoms with van der Waals surface area (Å²) < 4.78 is 1.83. The second kappa shape index (κ2) is 7.91. The molecular weight excluding hydrogens is 436 g/mol. The zero-order valence-electron chi connectivity index (χ0n) is 20.7. The summed E-state index contributed by atoms with van der Waals surface area (Å²) in [4.78, 5) is 7.26. The lowest BCUT2D eigenvalue weighted by atomic mass is 9.94. The lowest BCUT2D eigenvalue weighted by Gasteiger charge is -2.34. The van der Waals surface area contributed by atoms with Crippen LogP contribution in [-0.2, 0) is 25.8 Å². The highest BCUT2D eigenvalue weighted by Gasteiger charge is 2.40. The van der Waals surface area contributed by atoms with E-state index in [2.05, 4.69) is 65.8 Å². The fraction of sp³-hybridized carbons (Fsp3) is 0.407. The Morgan fingerprint density at radius 2 is 1.86 bits per heavy atom. The Balaban J connectivity index is 1.27. The van der Waals surface area contributed by atoms with E-state index in [1.165, 1.54) is 22.3 Å². The van der Waals surface area contributed by atoms with Crippen molar-refractivity contribution in [2.45, 2.75) is 51.0 Å². The molecule has 6 N–H and O–H groups in total. The standard InChI is InChI=1S/C27H34N8/c1-17-5-4-6-18(2)23(17)31-24-22-14-30-27(29,32-25(22)34(3)33-24)21-8-7-19-9-12-35(15-20(19)13-21)16-26(28)10-11-26/h4-8,13-14,32H,9-12,15-16,28-29H2,1-3H3,(H,31,33). The van der Waals surface area contributed by atoms with Crippen molar-refractivity contribution in [1.29, 1.82) is 0 Å². The number of nitrogens with two attached hydrogens (primary N) is 2. The number of anilines is 3. The summed E-state index contributed by atoms with van der Waals surface area (Å²) in [6.45, 7) is 7.12. The molecule has 0 bridgehead atoms. The first-order chi connectivity index (χ1) is 16.7. The Morgan fingerprint density at radius 3 is 2.60 bits per heavy atom. The van der Waals surface area contributed by atoms with Crippen molar-refractivity contribution >= 4 is 23.5 Å². The minimum absolute atomic E-state index is 0.0257. The molecule has 1 aliphatic carbocycles. The third-order valence-corrected chi connectivity index (χ3v) is 7.68. The van der Waals surface area contributed by atoms with E-state index < -0.39 is 5.79 Å². The van der Waals surface area contributed by atoms with Gasteiger partial charge < -0.3 is 16.4 Å². The van der Waals surface area contributed by atoms with Crippen molar-refractivity contribution < 1.29 is 0 Å². The largest absolute Gasteiger partial charge is 0.338 e. The fourth-order valence-corrected chi connectivity index (χ4v) is 5.31. The minimum atomic E-state index is -1.06. The molecule has 1 atom stereocenters. The molecule has 8 heteroatoms. The number of para-hydroxylation sites is 1. The van der Waals surface area contributed by atoms with Gasteiger partial charge in [-0.1, -0.05) is 30.3 Å². The van der Waals surface area contributed by atoms with Gasteiger partial charge in [-0.2, -0.15) is 5.10 Å². The Morgan fingerprint density at radius 1 is 1.09 bits per heavy atom. The van der Waals surface area contributed by atoms with Crippen molar-refractivity contribution in [3.8, 4) is 0 Å². The van der Waals surface area contributed by atoms with Gasteiger partial charge in [0.25, 0.3) is 0 Å². The SMILES string of the molecule is Cc1cccc(C)c1Nc1nn(C)c2c1C=NC(N)(c1ccc3c(c1)CN(CC1(N)CC1)CC3)N2. The highest BCUT2D eigenvalue weighted by Crippen LogP contribution is 2.37. The smallest absolute Gasteiger partial charge is 0.210 e. The molecule has 1 fully saturated rings. The number of aliphatic imine (C=N–C) groups is 1. The molecule has 2 aliphatic heterocycles. The summed E-state index contributed by atoms with van der Waals surface area (Å²) >= 11 is 0. The zero-order valence-corrected chi connectivity index (χ0v) is 20.7. The van der Waals surface area contributed by atoms with E-state index >= 15 is 0 Å². The molecule has 8 nitrogen and oxygen atoms in total. The number of fused-ring (bicyclic) bond motifs is 2.